The average molecular weight is 353 g/mol. The molecule has 0 spiro atoms. The Bertz CT molecular complexity index is 1080. The summed E-state index contributed by atoms with van der Waals surface area (Å²) in [5, 5.41) is 3.99. The molecule has 1 aromatic heterocycles. The van der Waals surface area contributed by atoms with E-state index >= 15 is 0 Å². The van der Waals surface area contributed by atoms with Crippen molar-refractivity contribution in [2.75, 3.05) is 5.32 Å². The van der Waals surface area contributed by atoms with E-state index in [1.165, 1.54) is 0 Å². The van der Waals surface area contributed by atoms with E-state index in [-0.39, 0.29) is 17.0 Å². The Kier molecular flexibility index (Phi) is 3.65. The average Bonchev–Trinajstić information content (AvgIpc) is 2.91. The van der Waals surface area contributed by atoms with E-state index in [2.05, 4.69) is 12.2 Å². The highest BCUT2D eigenvalue weighted by Gasteiger charge is 2.24. The Balaban J connectivity index is 1.83. The van der Waals surface area contributed by atoms with Crippen LogP contribution in [0.5, 0.6) is 0 Å². The molecule has 25 heavy (non-hydrogen) atoms. The lowest BCUT2D eigenvalue weighted by Gasteiger charge is -2.13. The standard InChI is InChI=1S/C20H17ClN2O2/c1-11-9-13-5-3-6-14-18(13)23(11)10-15(19(14)24)20(25)22-17-8-4-7-16(21)12(17)2/h3-8,10-11H,9H2,1-2H3,(H,22,25)/t11-/m0/s1. The van der Waals surface area contributed by atoms with Crippen LogP contribution in [0.25, 0.3) is 10.9 Å². The van der Waals surface area contributed by atoms with Crippen molar-refractivity contribution in [1.29, 1.82) is 0 Å². The summed E-state index contributed by atoms with van der Waals surface area (Å²) in [5.41, 5.74) is 3.39. The first kappa shape index (κ1) is 15.9. The van der Waals surface area contributed by atoms with Crippen LogP contribution in [-0.2, 0) is 6.42 Å². The molecule has 2 heterocycles. The summed E-state index contributed by atoms with van der Waals surface area (Å²) in [7, 11) is 0. The molecular weight excluding hydrogens is 336 g/mol. The van der Waals surface area contributed by atoms with Gasteiger partial charge in [-0.1, -0.05) is 29.8 Å². The molecule has 0 saturated carbocycles. The van der Waals surface area contributed by atoms with Crippen molar-refractivity contribution in [1.82, 2.24) is 4.57 Å². The van der Waals surface area contributed by atoms with Crippen molar-refractivity contribution in [3.05, 3.63) is 74.5 Å². The molecule has 1 aliphatic heterocycles. The number of anilines is 1. The minimum Gasteiger partial charge on any atom is -0.343 e. The number of amides is 1. The van der Waals surface area contributed by atoms with Gasteiger partial charge in [-0.05, 0) is 49.6 Å². The van der Waals surface area contributed by atoms with Crippen LogP contribution >= 0.6 is 11.6 Å². The van der Waals surface area contributed by atoms with Gasteiger partial charge in [-0.15, -0.1) is 0 Å². The second-order valence-electron chi connectivity index (χ2n) is 6.51. The molecule has 4 rings (SSSR count). The maximum absolute atomic E-state index is 12.9. The fraction of sp³-hybridized carbons (Fsp3) is 0.200. The van der Waals surface area contributed by atoms with Crippen molar-refractivity contribution in [3.8, 4) is 0 Å². The van der Waals surface area contributed by atoms with E-state index in [0.29, 0.717) is 16.1 Å². The van der Waals surface area contributed by atoms with Crippen molar-refractivity contribution in [2.45, 2.75) is 26.3 Å². The van der Waals surface area contributed by atoms with Gasteiger partial charge in [0.1, 0.15) is 5.56 Å². The van der Waals surface area contributed by atoms with Gasteiger partial charge in [0, 0.05) is 28.3 Å². The highest BCUT2D eigenvalue weighted by Crippen LogP contribution is 2.31. The van der Waals surface area contributed by atoms with Gasteiger partial charge in [0.05, 0.1) is 5.52 Å². The Morgan fingerprint density at radius 3 is 2.80 bits per heavy atom. The van der Waals surface area contributed by atoms with Gasteiger partial charge in [0.2, 0.25) is 5.43 Å². The van der Waals surface area contributed by atoms with E-state index in [1.807, 2.05) is 23.6 Å². The summed E-state index contributed by atoms with van der Waals surface area (Å²) in [6, 6.07) is 11.2. The van der Waals surface area contributed by atoms with Gasteiger partial charge in [0.25, 0.3) is 5.91 Å². The number of halogens is 1. The minimum absolute atomic E-state index is 0.151. The van der Waals surface area contributed by atoms with E-state index in [9.17, 15) is 9.59 Å². The lowest BCUT2D eigenvalue weighted by molar-refractivity contribution is 0.102. The second kappa shape index (κ2) is 5.74. The van der Waals surface area contributed by atoms with Gasteiger partial charge in [-0.3, -0.25) is 9.59 Å². The van der Waals surface area contributed by atoms with E-state index in [0.717, 1.165) is 23.1 Å². The number of para-hydroxylation sites is 1. The zero-order chi connectivity index (χ0) is 17.7. The summed E-state index contributed by atoms with van der Waals surface area (Å²) < 4.78 is 2.03. The molecule has 5 heteroatoms. The van der Waals surface area contributed by atoms with Gasteiger partial charge in [0.15, 0.2) is 0 Å². The lowest BCUT2D eigenvalue weighted by atomic mass is 10.1. The number of hydrogen-bond donors (Lipinski definition) is 1. The first-order valence-electron chi connectivity index (χ1n) is 8.20. The Morgan fingerprint density at radius 1 is 1.24 bits per heavy atom. The van der Waals surface area contributed by atoms with Crippen molar-refractivity contribution in [3.63, 3.8) is 0 Å². The number of benzene rings is 2. The third-order valence-corrected chi connectivity index (χ3v) is 5.30. The van der Waals surface area contributed by atoms with E-state index in [4.69, 9.17) is 11.6 Å². The summed E-state index contributed by atoms with van der Waals surface area (Å²) in [6.07, 6.45) is 2.55. The number of carbonyl (C=O) groups excluding carboxylic acids is 1. The van der Waals surface area contributed by atoms with Crippen molar-refractivity contribution in [2.24, 2.45) is 0 Å². The SMILES string of the molecule is Cc1c(Cl)cccc1NC(=O)c1cn2c3c(cccc3c1=O)C[C@@H]2C. The van der Waals surface area contributed by atoms with Crippen LogP contribution < -0.4 is 10.7 Å². The van der Waals surface area contributed by atoms with Crippen LogP contribution in [0.3, 0.4) is 0 Å². The van der Waals surface area contributed by atoms with E-state index < -0.39 is 5.91 Å². The largest absolute Gasteiger partial charge is 0.343 e. The highest BCUT2D eigenvalue weighted by atomic mass is 35.5. The molecule has 0 radical (unpaired) electrons. The smallest absolute Gasteiger partial charge is 0.261 e. The quantitative estimate of drug-likeness (QED) is 0.746. The second-order valence-corrected chi connectivity index (χ2v) is 6.92. The Labute approximate surface area is 150 Å². The van der Waals surface area contributed by atoms with Crippen LogP contribution in [0.4, 0.5) is 5.69 Å². The van der Waals surface area contributed by atoms with Gasteiger partial charge in [-0.25, -0.2) is 0 Å². The predicted molar refractivity (Wildman–Crippen MR) is 101 cm³/mol. The fourth-order valence-electron chi connectivity index (χ4n) is 3.51. The van der Waals surface area contributed by atoms with Crippen LogP contribution in [0.2, 0.25) is 5.02 Å². The van der Waals surface area contributed by atoms with E-state index in [1.54, 1.807) is 30.5 Å². The lowest BCUT2D eigenvalue weighted by Crippen LogP contribution is -2.24. The zero-order valence-electron chi connectivity index (χ0n) is 14.0. The first-order chi connectivity index (χ1) is 12.0. The molecule has 0 fully saturated rings. The van der Waals surface area contributed by atoms with Crippen molar-refractivity contribution >= 4 is 34.1 Å². The molecule has 0 unspecified atom stereocenters. The number of carbonyl (C=O) groups is 1. The fourth-order valence-corrected chi connectivity index (χ4v) is 3.68. The molecular formula is C20H17ClN2O2. The molecule has 0 saturated heterocycles. The summed E-state index contributed by atoms with van der Waals surface area (Å²) in [6.45, 7) is 3.92. The monoisotopic (exact) mass is 352 g/mol. The Hall–Kier alpha value is -2.59. The molecule has 126 valence electrons. The molecule has 1 amide bonds. The maximum atomic E-state index is 12.9. The minimum atomic E-state index is -0.412. The highest BCUT2D eigenvalue weighted by molar-refractivity contribution is 6.31. The molecule has 1 atom stereocenters. The number of aromatic nitrogens is 1. The summed E-state index contributed by atoms with van der Waals surface area (Å²) >= 11 is 6.11. The number of hydrogen-bond acceptors (Lipinski definition) is 2. The zero-order valence-corrected chi connectivity index (χ0v) is 14.7. The van der Waals surface area contributed by atoms with Gasteiger partial charge < -0.3 is 9.88 Å². The summed E-state index contributed by atoms with van der Waals surface area (Å²) in [5.74, 6) is -0.412. The Morgan fingerprint density at radius 2 is 2.00 bits per heavy atom. The molecule has 2 aromatic carbocycles. The molecule has 3 aromatic rings. The number of rotatable bonds is 2. The molecule has 0 bridgehead atoms. The van der Waals surface area contributed by atoms with Crippen LogP contribution in [0, 0.1) is 6.92 Å². The van der Waals surface area contributed by atoms with Gasteiger partial charge >= 0.3 is 0 Å². The molecule has 0 aliphatic carbocycles. The first-order valence-corrected chi connectivity index (χ1v) is 8.58. The third kappa shape index (κ3) is 2.45. The third-order valence-electron chi connectivity index (χ3n) is 4.89. The number of pyridine rings is 1. The predicted octanol–water partition coefficient (Wildman–Crippen LogP) is 4.33. The van der Waals surface area contributed by atoms with Crippen LogP contribution in [-0.4, -0.2) is 10.5 Å². The van der Waals surface area contributed by atoms with Crippen LogP contribution in [0.1, 0.15) is 34.5 Å². The van der Waals surface area contributed by atoms with Crippen LogP contribution in [0.15, 0.2) is 47.4 Å². The maximum Gasteiger partial charge on any atom is 0.261 e. The number of nitrogens with zero attached hydrogens (tertiary/aromatic N) is 1. The topological polar surface area (TPSA) is 51.1 Å². The molecule has 4 nitrogen and oxygen atoms in total. The van der Waals surface area contributed by atoms with Gasteiger partial charge in [-0.2, -0.15) is 0 Å². The van der Waals surface area contributed by atoms with Crippen molar-refractivity contribution < 1.29 is 4.79 Å². The summed E-state index contributed by atoms with van der Waals surface area (Å²) in [4.78, 5) is 25.6. The molecule has 1 N–H and O–H groups in total. The normalized spacial score (nSPS) is 15.6. The molecule has 1 aliphatic rings. The number of nitrogens with one attached hydrogen (secondary N) is 1.